The fraction of sp³-hybridized carbons (Fsp3) is 0.250. The lowest BCUT2D eigenvalue weighted by Gasteiger charge is -2.11. The first kappa shape index (κ1) is 14.5. The third kappa shape index (κ3) is 3.58. The molecule has 20 heavy (non-hydrogen) atoms. The SMILES string of the molecule is COc1cc(COc2ccc(C)cc2Cl)cc(OC)c1. The third-order valence-corrected chi connectivity index (χ3v) is 3.19. The van der Waals surface area contributed by atoms with Crippen molar-refractivity contribution in [1.82, 2.24) is 0 Å². The summed E-state index contributed by atoms with van der Waals surface area (Å²) in [5.41, 5.74) is 2.06. The van der Waals surface area contributed by atoms with E-state index in [2.05, 4.69) is 0 Å². The highest BCUT2D eigenvalue weighted by Gasteiger charge is 2.05. The molecule has 0 bridgehead atoms. The van der Waals surface area contributed by atoms with Crippen LogP contribution in [0.4, 0.5) is 0 Å². The van der Waals surface area contributed by atoms with Crippen molar-refractivity contribution >= 4 is 11.6 Å². The fourth-order valence-electron chi connectivity index (χ4n) is 1.83. The zero-order valence-corrected chi connectivity index (χ0v) is 12.5. The predicted molar refractivity (Wildman–Crippen MR) is 80.1 cm³/mol. The lowest BCUT2D eigenvalue weighted by atomic mass is 10.2. The molecule has 3 nitrogen and oxygen atoms in total. The Morgan fingerprint density at radius 1 is 0.950 bits per heavy atom. The van der Waals surface area contributed by atoms with Crippen LogP contribution < -0.4 is 14.2 Å². The Morgan fingerprint density at radius 3 is 2.15 bits per heavy atom. The average Bonchev–Trinajstić information content (AvgIpc) is 2.46. The fourth-order valence-corrected chi connectivity index (χ4v) is 2.12. The van der Waals surface area contributed by atoms with E-state index in [1.165, 1.54) is 0 Å². The molecule has 2 aromatic carbocycles. The van der Waals surface area contributed by atoms with Gasteiger partial charge in [0.2, 0.25) is 0 Å². The van der Waals surface area contributed by atoms with E-state index in [9.17, 15) is 0 Å². The largest absolute Gasteiger partial charge is 0.497 e. The minimum Gasteiger partial charge on any atom is -0.497 e. The van der Waals surface area contributed by atoms with Crippen LogP contribution in [0.2, 0.25) is 5.02 Å². The van der Waals surface area contributed by atoms with Gasteiger partial charge in [-0.3, -0.25) is 0 Å². The van der Waals surface area contributed by atoms with Crippen molar-refractivity contribution in [3.05, 3.63) is 52.5 Å². The molecule has 0 saturated heterocycles. The second-order valence-corrected chi connectivity index (χ2v) is 4.85. The maximum atomic E-state index is 6.14. The zero-order chi connectivity index (χ0) is 14.5. The van der Waals surface area contributed by atoms with Gasteiger partial charge in [0, 0.05) is 6.07 Å². The van der Waals surface area contributed by atoms with Crippen LogP contribution in [0.5, 0.6) is 17.2 Å². The van der Waals surface area contributed by atoms with Crippen molar-refractivity contribution < 1.29 is 14.2 Å². The van der Waals surface area contributed by atoms with Gasteiger partial charge in [0.05, 0.1) is 19.2 Å². The highest BCUT2D eigenvalue weighted by molar-refractivity contribution is 6.32. The molecule has 106 valence electrons. The van der Waals surface area contributed by atoms with Gasteiger partial charge in [-0.25, -0.2) is 0 Å². The molecule has 0 aromatic heterocycles. The van der Waals surface area contributed by atoms with Gasteiger partial charge in [0.15, 0.2) is 0 Å². The monoisotopic (exact) mass is 292 g/mol. The number of aryl methyl sites for hydroxylation is 1. The molecule has 0 spiro atoms. The minimum absolute atomic E-state index is 0.399. The summed E-state index contributed by atoms with van der Waals surface area (Å²) < 4.78 is 16.2. The Bertz CT molecular complexity index is 574. The van der Waals surface area contributed by atoms with Crippen LogP contribution in [-0.2, 0) is 6.61 Å². The molecule has 2 rings (SSSR count). The van der Waals surface area contributed by atoms with Crippen molar-refractivity contribution in [2.75, 3.05) is 14.2 Å². The van der Waals surface area contributed by atoms with Crippen LogP contribution in [0.15, 0.2) is 36.4 Å². The number of hydrogen-bond donors (Lipinski definition) is 0. The van der Waals surface area contributed by atoms with Gasteiger partial charge in [-0.05, 0) is 42.3 Å². The summed E-state index contributed by atoms with van der Waals surface area (Å²) in [7, 11) is 3.24. The first-order valence-electron chi connectivity index (χ1n) is 6.23. The number of halogens is 1. The molecule has 0 aliphatic heterocycles. The van der Waals surface area contributed by atoms with Crippen LogP contribution >= 0.6 is 11.6 Å². The van der Waals surface area contributed by atoms with Crippen LogP contribution in [0.1, 0.15) is 11.1 Å². The van der Waals surface area contributed by atoms with Crippen molar-refractivity contribution in [3.8, 4) is 17.2 Å². The van der Waals surface area contributed by atoms with Crippen LogP contribution in [0.3, 0.4) is 0 Å². The van der Waals surface area contributed by atoms with Crippen molar-refractivity contribution in [3.63, 3.8) is 0 Å². The molecule has 0 radical (unpaired) electrons. The summed E-state index contributed by atoms with van der Waals surface area (Å²) in [6.07, 6.45) is 0. The van der Waals surface area contributed by atoms with Gasteiger partial charge in [0.25, 0.3) is 0 Å². The van der Waals surface area contributed by atoms with E-state index in [1.807, 2.05) is 43.3 Å². The topological polar surface area (TPSA) is 27.7 Å². The summed E-state index contributed by atoms with van der Waals surface area (Å²) in [6, 6.07) is 11.4. The molecule has 4 heteroatoms. The molecule has 0 fully saturated rings. The molecular formula is C16H17ClO3. The maximum absolute atomic E-state index is 6.14. The summed E-state index contributed by atoms with van der Waals surface area (Å²) in [4.78, 5) is 0. The Morgan fingerprint density at radius 2 is 1.60 bits per heavy atom. The molecule has 0 unspecified atom stereocenters. The maximum Gasteiger partial charge on any atom is 0.138 e. The van der Waals surface area contributed by atoms with Crippen LogP contribution in [-0.4, -0.2) is 14.2 Å². The van der Waals surface area contributed by atoms with Gasteiger partial charge >= 0.3 is 0 Å². The molecule has 0 aliphatic carbocycles. The van der Waals surface area contributed by atoms with E-state index in [-0.39, 0.29) is 0 Å². The number of methoxy groups -OCH3 is 2. The molecule has 0 heterocycles. The average molecular weight is 293 g/mol. The number of benzene rings is 2. The smallest absolute Gasteiger partial charge is 0.138 e. The second kappa shape index (κ2) is 6.53. The molecule has 0 atom stereocenters. The third-order valence-electron chi connectivity index (χ3n) is 2.89. The van der Waals surface area contributed by atoms with E-state index >= 15 is 0 Å². The Balaban J connectivity index is 2.13. The lowest BCUT2D eigenvalue weighted by Crippen LogP contribution is -1.98. The van der Waals surface area contributed by atoms with Gasteiger partial charge in [0.1, 0.15) is 23.9 Å². The van der Waals surface area contributed by atoms with Gasteiger partial charge in [-0.15, -0.1) is 0 Å². The highest BCUT2D eigenvalue weighted by atomic mass is 35.5. The summed E-state index contributed by atoms with van der Waals surface area (Å²) in [6.45, 7) is 2.39. The standard InChI is InChI=1S/C16H17ClO3/c1-11-4-5-16(15(17)6-11)20-10-12-7-13(18-2)9-14(8-12)19-3/h4-9H,10H2,1-3H3. The van der Waals surface area contributed by atoms with Crippen molar-refractivity contribution in [1.29, 1.82) is 0 Å². The first-order chi connectivity index (χ1) is 9.62. The first-order valence-corrected chi connectivity index (χ1v) is 6.61. The Hall–Kier alpha value is -1.87. The summed E-state index contributed by atoms with van der Waals surface area (Å²) in [5.74, 6) is 2.13. The molecule has 2 aromatic rings. The minimum atomic E-state index is 0.399. The number of ether oxygens (including phenoxy) is 3. The lowest BCUT2D eigenvalue weighted by molar-refractivity contribution is 0.304. The van der Waals surface area contributed by atoms with E-state index < -0.39 is 0 Å². The van der Waals surface area contributed by atoms with E-state index in [1.54, 1.807) is 14.2 Å². The van der Waals surface area contributed by atoms with Crippen molar-refractivity contribution in [2.24, 2.45) is 0 Å². The second-order valence-electron chi connectivity index (χ2n) is 4.44. The highest BCUT2D eigenvalue weighted by Crippen LogP contribution is 2.27. The van der Waals surface area contributed by atoms with E-state index in [0.29, 0.717) is 17.4 Å². The Kier molecular flexibility index (Phi) is 4.74. The summed E-state index contributed by atoms with van der Waals surface area (Å²) >= 11 is 6.14. The molecule has 0 saturated carbocycles. The van der Waals surface area contributed by atoms with E-state index in [0.717, 1.165) is 22.6 Å². The summed E-state index contributed by atoms with van der Waals surface area (Å²) in [5, 5.41) is 0.611. The van der Waals surface area contributed by atoms with Gasteiger partial charge in [-0.2, -0.15) is 0 Å². The van der Waals surface area contributed by atoms with Crippen LogP contribution in [0, 0.1) is 6.92 Å². The molecular weight excluding hydrogens is 276 g/mol. The normalized spacial score (nSPS) is 10.2. The Labute approximate surface area is 124 Å². The quantitative estimate of drug-likeness (QED) is 0.825. The zero-order valence-electron chi connectivity index (χ0n) is 11.8. The molecule has 0 amide bonds. The van der Waals surface area contributed by atoms with Gasteiger partial charge in [-0.1, -0.05) is 17.7 Å². The van der Waals surface area contributed by atoms with E-state index in [4.69, 9.17) is 25.8 Å². The van der Waals surface area contributed by atoms with Crippen LogP contribution in [0.25, 0.3) is 0 Å². The van der Waals surface area contributed by atoms with Crippen molar-refractivity contribution in [2.45, 2.75) is 13.5 Å². The number of rotatable bonds is 5. The predicted octanol–water partition coefficient (Wildman–Crippen LogP) is 4.24. The molecule has 0 N–H and O–H groups in total. The molecule has 0 aliphatic rings. The van der Waals surface area contributed by atoms with Gasteiger partial charge < -0.3 is 14.2 Å². The number of hydrogen-bond acceptors (Lipinski definition) is 3.